The van der Waals surface area contributed by atoms with Crippen LogP contribution in [0.1, 0.15) is 20.3 Å². The Morgan fingerprint density at radius 1 is 1.38 bits per heavy atom. The Bertz CT molecular complexity index is 260. The standard InChI is InChI=1S/C11H17NO/c1-3-9(2)8-13-11-7-5-4-6-10(11)12/h4-7,9H,3,8,12H2,1-2H3. The van der Waals surface area contributed by atoms with E-state index in [1.807, 2.05) is 24.3 Å². The molecule has 1 aromatic carbocycles. The van der Waals surface area contributed by atoms with Crippen LogP contribution < -0.4 is 10.5 Å². The average Bonchev–Trinajstić information content (AvgIpc) is 2.16. The first-order valence-corrected chi connectivity index (χ1v) is 4.71. The van der Waals surface area contributed by atoms with Gasteiger partial charge in [-0.25, -0.2) is 0 Å². The van der Waals surface area contributed by atoms with Crippen molar-refractivity contribution in [1.82, 2.24) is 0 Å². The lowest BCUT2D eigenvalue weighted by Crippen LogP contribution is -2.08. The molecule has 0 saturated heterocycles. The van der Waals surface area contributed by atoms with Crippen molar-refractivity contribution in [2.45, 2.75) is 20.3 Å². The second-order valence-corrected chi connectivity index (χ2v) is 3.36. The quantitative estimate of drug-likeness (QED) is 0.721. The second kappa shape index (κ2) is 4.75. The zero-order valence-corrected chi connectivity index (χ0v) is 8.29. The van der Waals surface area contributed by atoms with Gasteiger partial charge in [0.25, 0.3) is 0 Å². The largest absolute Gasteiger partial charge is 0.491 e. The molecule has 0 aromatic heterocycles. The Labute approximate surface area is 79.7 Å². The molecule has 72 valence electrons. The van der Waals surface area contributed by atoms with E-state index in [4.69, 9.17) is 10.5 Å². The maximum atomic E-state index is 5.72. The van der Waals surface area contributed by atoms with E-state index in [9.17, 15) is 0 Å². The predicted molar refractivity (Wildman–Crippen MR) is 55.8 cm³/mol. The molecule has 1 unspecified atom stereocenters. The predicted octanol–water partition coefficient (Wildman–Crippen LogP) is 2.69. The Kier molecular flexibility index (Phi) is 3.62. The van der Waals surface area contributed by atoms with Crippen molar-refractivity contribution in [3.05, 3.63) is 24.3 Å². The normalized spacial score (nSPS) is 12.5. The third kappa shape index (κ3) is 2.98. The minimum absolute atomic E-state index is 0.583. The van der Waals surface area contributed by atoms with Gasteiger partial charge in [0, 0.05) is 0 Å². The van der Waals surface area contributed by atoms with Crippen LogP contribution in [0.2, 0.25) is 0 Å². The Hall–Kier alpha value is -1.18. The molecule has 0 bridgehead atoms. The Morgan fingerprint density at radius 3 is 2.69 bits per heavy atom. The summed E-state index contributed by atoms with van der Waals surface area (Å²) in [5.74, 6) is 1.38. The lowest BCUT2D eigenvalue weighted by atomic mass is 10.1. The van der Waals surface area contributed by atoms with Crippen LogP contribution in [0.4, 0.5) is 5.69 Å². The van der Waals surface area contributed by atoms with E-state index in [1.54, 1.807) is 0 Å². The zero-order chi connectivity index (χ0) is 9.68. The molecule has 0 amide bonds. The highest BCUT2D eigenvalue weighted by Crippen LogP contribution is 2.20. The number of nitrogens with two attached hydrogens (primary N) is 1. The maximum Gasteiger partial charge on any atom is 0.142 e. The lowest BCUT2D eigenvalue weighted by molar-refractivity contribution is 0.258. The SMILES string of the molecule is CCC(C)COc1ccccc1N. The second-order valence-electron chi connectivity index (χ2n) is 3.36. The van der Waals surface area contributed by atoms with E-state index in [0.29, 0.717) is 11.6 Å². The highest BCUT2D eigenvalue weighted by atomic mass is 16.5. The molecule has 2 nitrogen and oxygen atoms in total. The topological polar surface area (TPSA) is 35.2 Å². The van der Waals surface area contributed by atoms with Gasteiger partial charge in [0.2, 0.25) is 0 Å². The number of nitrogen functional groups attached to an aromatic ring is 1. The van der Waals surface area contributed by atoms with Crippen LogP contribution in [0.25, 0.3) is 0 Å². The maximum absolute atomic E-state index is 5.72. The number of ether oxygens (including phenoxy) is 1. The first kappa shape index (κ1) is 9.90. The van der Waals surface area contributed by atoms with Gasteiger partial charge in [-0.15, -0.1) is 0 Å². The summed E-state index contributed by atoms with van der Waals surface area (Å²) in [5.41, 5.74) is 6.44. The van der Waals surface area contributed by atoms with Crippen LogP contribution in [0, 0.1) is 5.92 Å². The first-order chi connectivity index (χ1) is 6.24. The van der Waals surface area contributed by atoms with Gasteiger partial charge in [-0.3, -0.25) is 0 Å². The van der Waals surface area contributed by atoms with E-state index >= 15 is 0 Å². The molecular formula is C11H17NO. The van der Waals surface area contributed by atoms with Gasteiger partial charge in [0.15, 0.2) is 0 Å². The van der Waals surface area contributed by atoms with Crippen LogP contribution in [-0.2, 0) is 0 Å². The molecule has 1 aromatic rings. The summed E-state index contributed by atoms with van der Waals surface area (Å²) < 4.78 is 5.56. The molecule has 0 radical (unpaired) electrons. The molecule has 2 N–H and O–H groups in total. The highest BCUT2D eigenvalue weighted by Gasteiger charge is 2.01. The van der Waals surface area contributed by atoms with Crippen molar-refractivity contribution in [2.24, 2.45) is 5.92 Å². The summed E-state index contributed by atoms with van der Waals surface area (Å²) >= 11 is 0. The molecule has 0 aliphatic rings. The summed E-state index contributed by atoms with van der Waals surface area (Å²) in [6.07, 6.45) is 1.13. The van der Waals surface area contributed by atoms with E-state index in [0.717, 1.165) is 18.8 Å². The first-order valence-electron chi connectivity index (χ1n) is 4.71. The third-order valence-corrected chi connectivity index (χ3v) is 2.14. The highest BCUT2D eigenvalue weighted by molar-refractivity contribution is 5.51. The molecule has 0 saturated carbocycles. The number of rotatable bonds is 4. The van der Waals surface area contributed by atoms with Crippen LogP contribution in [0.15, 0.2) is 24.3 Å². The molecule has 2 heteroatoms. The van der Waals surface area contributed by atoms with Gasteiger partial charge in [-0.2, -0.15) is 0 Å². The molecule has 0 fully saturated rings. The van der Waals surface area contributed by atoms with E-state index in [-0.39, 0.29) is 0 Å². The summed E-state index contributed by atoms with van der Waals surface area (Å²) in [6.45, 7) is 5.06. The molecule has 13 heavy (non-hydrogen) atoms. The summed E-state index contributed by atoms with van der Waals surface area (Å²) in [7, 11) is 0. The molecule has 0 heterocycles. The Balaban J connectivity index is 2.50. The Morgan fingerprint density at radius 2 is 2.08 bits per heavy atom. The fourth-order valence-electron chi connectivity index (χ4n) is 0.962. The van der Waals surface area contributed by atoms with Crippen molar-refractivity contribution in [1.29, 1.82) is 0 Å². The number of hydrogen-bond acceptors (Lipinski definition) is 2. The van der Waals surface area contributed by atoms with Crippen molar-refractivity contribution < 1.29 is 4.74 Å². The molecule has 0 aliphatic heterocycles. The number of para-hydroxylation sites is 2. The van der Waals surface area contributed by atoms with E-state index < -0.39 is 0 Å². The van der Waals surface area contributed by atoms with Crippen molar-refractivity contribution >= 4 is 5.69 Å². The molecule has 1 rings (SSSR count). The van der Waals surface area contributed by atoms with Gasteiger partial charge in [0.05, 0.1) is 12.3 Å². The monoisotopic (exact) mass is 179 g/mol. The molecule has 1 atom stereocenters. The van der Waals surface area contributed by atoms with Crippen LogP contribution >= 0.6 is 0 Å². The number of benzene rings is 1. The smallest absolute Gasteiger partial charge is 0.142 e. The fraction of sp³-hybridized carbons (Fsp3) is 0.455. The lowest BCUT2D eigenvalue weighted by Gasteiger charge is -2.12. The van der Waals surface area contributed by atoms with E-state index in [2.05, 4.69) is 13.8 Å². The zero-order valence-electron chi connectivity index (χ0n) is 8.29. The number of anilines is 1. The van der Waals surface area contributed by atoms with Crippen LogP contribution in [0.5, 0.6) is 5.75 Å². The molecule has 0 spiro atoms. The minimum Gasteiger partial charge on any atom is -0.491 e. The van der Waals surface area contributed by atoms with Gasteiger partial charge in [0.1, 0.15) is 5.75 Å². The van der Waals surface area contributed by atoms with Gasteiger partial charge in [-0.05, 0) is 18.1 Å². The third-order valence-electron chi connectivity index (χ3n) is 2.14. The van der Waals surface area contributed by atoms with Gasteiger partial charge in [-0.1, -0.05) is 32.4 Å². The van der Waals surface area contributed by atoms with Gasteiger partial charge < -0.3 is 10.5 Å². The molecular weight excluding hydrogens is 162 g/mol. The van der Waals surface area contributed by atoms with Gasteiger partial charge >= 0.3 is 0 Å². The average molecular weight is 179 g/mol. The fourth-order valence-corrected chi connectivity index (χ4v) is 0.962. The van der Waals surface area contributed by atoms with Crippen molar-refractivity contribution in [3.8, 4) is 5.75 Å². The summed E-state index contributed by atoms with van der Waals surface area (Å²) in [6, 6.07) is 7.59. The summed E-state index contributed by atoms with van der Waals surface area (Å²) in [4.78, 5) is 0. The van der Waals surface area contributed by atoms with Crippen molar-refractivity contribution in [3.63, 3.8) is 0 Å². The minimum atomic E-state index is 0.583. The molecule has 0 aliphatic carbocycles. The van der Waals surface area contributed by atoms with Crippen molar-refractivity contribution in [2.75, 3.05) is 12.3 Å². The van der Waals surface area contributed by atoms with Crippen LogP contribution in [-0.4, -0.2) is 6.61 Å². The number of hydrogen-bond donors (Lipinski definition) is 1. The summed E-state index contributed by atoms with van der Waals surface area (Å²) in [5, 5.41) is 0. The van der Waals surface area contributed by atoms with E-state index in [1.165, 1.54) is 0 Å². The van der Waals surface area contributed by atoms with Crippen LogP contribution in [0.3, 0.4) is 0 Å².